The first-order valence-corrected chi connectivity index (χ1v) is 15.5. The van der Waals surface area contributed by atoms with Gasteiger partial charge < -0.3 is 34.6 Å². The number of amides is 1. The Morgan fingerprint density at radius 3 is 2.38 bits per heavy atom. The summed E-state index contributed by atoms with van der Waals surface area (Å²) in [6, 6.07) is 13.9. The fourth-order valence-electron chi connectivity index (χ4n) is 4.22. The van der Waals surface area contributed by atoms with Gasteiger partial charge in [0.1, 0.15) is 23.2 Å². The van der Waals surface area contributed by atoms with Crippen LogP contribution in [0.1, 0.15) is 25.8 Å². The van der Waals surface area contributed by atoms with Crippen molar-refractivity contribution < 1.29 is 47.4 Å². The highest BCUT2D eigenvalue weighted by Gasteiger charge is 2.35. The first-order valence-electron chi connectivity index (χ1n) is 12.9. The van der Waals surface area contributed by atoms with Crippen LogP contribution in [0.3, 0.4) is 0 Å². The molecule has 2 aromatic carbocycles. The molecule has 0 radical (unpaired) electrons. The van der Waals surface area contributed by atoms with Crippen molar-refractivity contribution in [2.24, 2.45) is 5.92 Å². The molecule has 0 bridgehead atoms. The number of hydrogen-bond donors (Lipinski definition) is 5. The van der Waals surface area contributed by atoms with Crippen LogP contribution in [0.4, 0.5) is 4.79 Å². The largest absolute Gasteiger partial charge is 0.488 e. The number of nitrogens with zero attached hydrogens (tertiary/aromatic N) is 1. The minimum atomic E-state index is -5.06. The summed E-state index contributed by atoms with van der Waals surface area (Å²) in [5.41, 5.74) is 0.989. The lowest BCUT2D eigenvalue weighted by Crippen LogP contribution is -2.51. The first kappa shape index (κ1) is 32.4. The molecule has 1 unspecified atom stereocenters. The van der Waals surface area contributed by atoms with Gasteiger partial charge in [0.15, 0.2) is 0 Å². The summed E-state index contributed by atoms with van der Waals surface area (Å²) in [7, 11) is -8.56. The predicted octanol–water partition coefficient (Wildman–Crippen LogP) is 0.951. The van der Waals surface area contributed by atoms with Crippen LogP contribution >= 0.6 is 7.82 Å². The fourth-order valence-corrected chi connectivity index (χ4v) is 6.17. The van der Waals surface area contributed by atoms with Crippen LogP contribution in [0.5, 0.6) is 0 Å². The van der Waals surface area contributed by atoms with Gasteiger partial charge in [-0.15, -0.1) is 0 Å². The van der Waals surface area contributed by atoms with E-state index < -0.39 is 50.3 Å². The molecule has 15 heteroatoms. The van der Waals surface area contributed by atoms with Crippen molar-refractivity contribution in [2.45, 2.75) is 49.8 Å². The zero-order valence-corrected chi connectivity index (χ0v) is 24.1. The van der Waals surface area contributed by atoms with Crippen molar-refractivity contribution in [3.63, 3.8) is 0 Å². The zero-order chi connectivity index (χ0) is 29.3. The Balaban J connectivity index is 1.91. The van der Waals surface area contributed by atoms with Gasteiger partial charge in [-0.1, -0.05) is 56.3 Å². The summed E-state index contributed by atoms with van der Waals surface area (Å²) in [6.45, 7) is 4.56. The summed E-state index contributed by atoms with van der Waals surface area (Å²) in [5.74, 6) is 0.00561. The second-order valence-corrected chi connectivity index (χ2v) is 12.6. The number of nitrogens with one attached hydrogen (secondary N) is 1. The molecule has 220 valence electrons. The zero-order valence-electron chi connectivity index (χ0n) is 22.4. The number of ether oxygens (including phenoxy) is 2. The maximum atomic E-state index is 13.6. The summed E-state index contributed by atoms with van der Waals surface area (Å²) in [6.07, 6.45) is -1.84. The van der Waals surface area contributed by atoms with Crippen molar-refractivity contribution in [3.05, 3.63) is 60.2 Å². The molecule has 0 saturated carbocycles. The van der Waals surface area contributed by atoms with Gasteiger partial charge >= 0.3 is 21.0 Å². The number of benzene rings is 2. The van der Waals surface area contributed by atoms with Gasteiger partial charge in [0.25, 0.3) is 0 Å². The highest BCUT2D eigenvalue weighted by Crippen LogP contribution is 2.39. The third-order valence-electron chi connectivity index (χ3n) is 6.05. The molecular weight excluding hydrogens is 562 g/mol. The molecule has 2 aromatic rings. The van der Waals surface area contributed by atoms with Crippen molar-refractivity contribution in [1.82, 2.24) is 9.62 Å². The molecule has 1 amide bonds. The van der Waals surface area contributed by atoms with Gasteiger partial charge in [-0.3, -0.25) is 4.52 Å². The van der Waals surface area contributed by atoms with Gasteiger partial charge in [0.05, 0.1) is 24.2 Å². The lowest BCUT2D eigenvalue weighted by atomic mass is 9.81. The number of phosphoric ester groups is 1. The Bertz CT molecular complexity index is 1150. The first-order chi connectivity index (χ1) is 18.9. The van der Waals surface area contributed by atoms with E-state index in [1.165, 1.54) is 28.6 Å². The van der Waals surface area contributed by atoms with E-state index in [-0.39, 0.29) is 37.5 Å². The number of carbonyl (C=O) groups is 1. The molecule has 0 aromatic heterocycles. The van der Waals surface area contributed by atoms with Crippen LogP contribution in [-0.2, 0) is 36.0 Å². The molecule has 1 aliphatic heterocycles. The van der Waals surface area contributed by atoms with Gasteiger partial charge in [0.2, 0.25) is 0 Å². The summed E-state index contributed by atoms with van der Waals surface area (Å²) in [5, 5.41) is 21.5. The fraction of sp³-hybridized carbons (Fsp3) is 0.480. The topological polar surface area (TPSA) is 175 Å². The van der Waals surface area contributed by atoms with Crippen molar-refractivity contribution in [2.75, 3.05) is 26.3 Å². The Hall–Kier alpha value is -2.13. The minimum absolute atomic E-state index is 0.00561. The monoisotopic (exact) mass is 598 g/mol. The summed E-state index contributed by atoms with van der Waals surface area (Å²) < 4.78 is 43.1. The van der Waals surface area contributed by atoms with Crippen molar-refractivity contribution in [1.29, 1.82) is 0 Å². The molecule has 0 aliphatic carbocycles. The lowest BCUT2D eigenvalue weighted by Gasteiger charge is -2.33. The SMILES string of the molecule is CC(C)CN(C[C@@H](OP(=O)(O)O)[C@H](Cc1ccccc1)NC(=O)O[C@H]1CCOC1)S(=O)c1ccc(B(O)O)cc1. The predicted molar refractivity (Wildman–Crippen MR) is 149 cm³/mol. The number of hydrogen-bond acceptors (Lipinski definition) is 8. The maximum absolute atomic E-state index is 13.6. The van der Waals surface area contributed by atoms with Crippen LogP contribution in [0.25, 0.3) is 0 Å². The third kappa shape index (κ3) is 10.7. The molecular formula is C25H36BN2O10PS. The smallest absolute Gasteiger partial charge is 0.444 e. The normalized spacial score (nSPS) is 17.9. The van der Waals surface area contributed by atoms with Crippen LogP contribution in [-0.4, -0.2) is 86.1 Å². The van der Waals surface area contributed by atoms with Crippen LogP contribution in [0, 0.1) is 5.92 Å². The molecule has 1 fully saturated rings. The number of carbonyl (C=O) groups excluding carboxylic acids is 1. The van der Waals surface area contributed by atoms with E-state index in [2.05, 4.69) is 5.32 Å². The van der Waals surface area contributed by atoms with Crippen LogP contribution < -0.4 is 10.8 Å². The Morgan fingerprint density at radius 2 is 1.82 bits per heavy atom. The molecule has 1 aliphatic rings. The van der Waals surface area contributed by atoms with Crippen molar-refractivity contribution in [3.8, 4) is 0 Å². The standard InChI is InChI=1S/C25H36BN2O10PS/c1-18(2)15-28(40(35)22-10-8-20(9-11-22)26(30)31)16-24(38-39(32,33)34)23(14-19-6-4-3-5-7-19)27-25(29)37-21-12-13-36-17-21/h3-11,18,21,23-24,30-31H,12-17H2,1-2H3,(H,27,29)(H2,32,33,34)/t21-,23-,24+,40?/m0/s1. The van der Waals surface area contributed by atoms with Gasteiger partial charge in [-0.2, -0.15) is 0 Å². The highest BCUT2D eigenvalue weighted by molar-refractivity contribution is 7.82. The molecule has 40 heavy (non-hydrogen) atoms. The summed E-state index contributed by atoms with van der Waals surface area (Å²) >= 11 is 0. The van der Waals surface area contributed by atoms with E-state index in [0.29, 0.717) is 17.9 Å². The summed E-state index contributed by atoms with van der Waals surface area (Å²) in [4.78, 5) is 32.7. The van der Waals surface area contributed by atoms with Crippen LogP contribution in [0.2, 0.25) is 0 Å². The number of phosphoric acid groups is 1. The van der Waals surface area contributed by atoms with E-state index >= 15 is 0 Å². The molecule has 1 heterocycles. The average Bonchev–Trinajstić information content (AvgIpc) is 3.39. The van der Waals surface area contributed by atoms with E-state index in [9.17, 15) is 33.4 Å². The minimum Gasteiger partial charge on any atom is -0.444 e. The van der Waals surface area contributed by atoms with Crippen molar-refractivity contribution >= 4 is 37.5 Å². The molecule has 12 nitrogen and oxygen atoms in total. The second kappa shape index (κ2) is 15.2. The van der Waals surface area contributed by atoms with E-state index in [0.717, 1.165) is 5.56 Å². The molecule has 4 atom stereocenters. The molecule has 1 saturated heterocycles. The average molecular weight is 598 g/mol. The highest BCUT2D eigenvalue weighted by atomic mass is 32.2. The van der Waals surface area contributed by atoms with Gasteiger partial charge in [-0.25, -0.2) is 17.9 Å². The van der Waals surface area contributed by atoms with Crippen LogP contribution in [0.15, 0.2) is 59.5 Å². The molecule has 0 spiro atoms. The van der Waals surface area contributed by atoms with Gasteiger partial charge in [0, 0.05) is 19.5 Å². The van der Waals surface area contributed by atoms with E-state index in [1.54, 1.807) is 24.3 Å². The second-order valence-electron chi connectivity index (χ2n) is 9.90. The van der Waals surface area contributed by atoms with Gasteiger partial charge in [-0.05, 0) is 35.5 Å². The van der Waals surface area contributed by atoms with E-state index in [4.69, 9.17) is 14.0 Å². The Morgan fingerprint density at radius 1 is 1.15 bits per heavy atom. The molecule has 5 N–H and O–H groups in total. The Labute approximate surface area is 236 Å². The Kier molecular flexibility index (Phi) is 12.3. The number of alkyl carbamates (subject to hydrolysis) is 1. The molecule has 3 rings (SSSR count). The van der Waals surface area contributed by atoms with E-state index in [1.807, 2.05) is 19.9 Å². The quantitative estimate of drug-likeness (QED) is 0.156. The lowest BCUT2D eigenvalue weighted by molar-refractivity contribution is 0.0606. The third-order valence-corrected chi connectivity index (χ3v) is 8.04. The maximum Gasteiger partial charge on any atom is 0.488 e. The number of rotatable bonds is 14.